The SMILES string of the molecule is CN(C)S(=O)(=O)c1ccc(S(=O)O)c([N+](=O)[O-])c1. The van der Waals surface area contributed by atoms with Crippen molar-refractivity contribution in [1.82, 2.24) is 4.31 Å². The molecular weight excluding hydrogens is 284 g/mol. The molecule has 0 bridgehead atoms. The zero-order valence-corrected chi connectivity index (χ0v) is 11.1. The number of hydrogen-bond donors (Lipinski definition) is 1. The topological polar surface area (TPSA) is 118 Å². The second-order valence-corrected chi connectivity index (χ2v) is 6.51. The van der Waals surface area contributed by atoms with Crippen LogP contribution in [0.4, 0.5) is 5.69 Å². The third-order valence-electron chi connectivity index (χ3n) is 2.09. The van der Waals surface area contributed by atoms with Gasteiger partial charge in [0.15, 0.2) is 11.1 Å². The first-order valence-corrected chi connectivity index (χ1v) is 7.04. The molecule has 0 saturated carbocycles. The Morgan fingerprint density at radius 2 is 1.94 bits per heavy atom. The lowest BCUT2D eigenvalue weighted by Crippen LogP contribution is -2.22. The van der Waals surface area contributed by atoms with Gasteiger partial charge in [0.1, 0.15) is 4.90 Å². The molecule has 0 spiro atoms. The highest BCUT2D eigenvalue weighted by Gasteiger charge is 2.24. The first-order valence-electron chi connectivity index (χ1n) is 4.49. The molecule has 1 aromatic carbocycles. The van der Waals surface area contributed by atoms with Gasteiger partial charge in [-0.25, -0.2) is 16.9 Å². The van der Waals surface area contributed by atoms with E-state index in [-0.39, 0.29) is 4.90 Å². The summed E-state index contributed by atoms with van der Waals surface area (Å²) in [5.74, 6) is 0. The van der Waals surface area contributed by atoms with Crippen LogP contribution >= 0.6 is 0 Å². The van der Waals surface area contributed by atoms with E-state index in [1.807, 2.05) is 0 Å². The second kappa shape index (κ2) is 5.10. The predicted octanol–water partition coefficient (Wildman–Crippen LogP) is 0.426. The van der Waals surface area contributed by atoms with Crippen molar-refractivity contribution in [2.24, 2.45) is 0 Å². The van der Waals surface area contributed by atoms with Crippen LogP contribution in [0.25, 0.3) is 0 Å². The van der Waals surface area contributed by atoms with Crippen LogP contribution < -0.4 is 0 Å². The van der Waals surface area contributed by atoms with Gasteiger partial charge < -0.3 is 4.55 Å². The van der Waals surface area contributed by atoms with Crippen LogP contribution in [0.15, 0.2) is 28.0 Å². The van der Waals surface area contributed by atoms with Gasteiger partial charge in [0.25, 0.3) is 5.69 Å². The van der Waals surface area contributed by atoms with Crippen LogP contribution in [0.3, 0.4) is 0 Å². The quantitative estimate of drug-likeness (QED) is 0.488. The Kier molecular flexibility index (Phi) is 4.16. The lowest BCUT2D eigenvalue weighted by atomic mass is 10.3. The summed E-state index contributed by atoms with van der Waals surface area (Å²) in [5, 5.41) is 10.7. The molecule has 10 heteroatoms. The minimum atomic E-state index is -3.83. The molecule has 0 aliphatic heterocycles. The Bertz CT molecular complexity index is 610. The fourth-order valence-corrected chi connectivity index (χ4v) is 2.58. The standard InChI is InChI=1S/C8H10N2O6S2/c1-9(2)18(15,16)6-3-4-8(17(13)14)7(5-6)10(11)12/h3-5H,1-2H3,(H,13,14). The van der Waals surface area contributed by atoms with E-state index >= 15 is 0 Å². The molecule has 0 radical (unpaired) electrons. The monoisotopic (exact) mass is 294 g/mol. The van der Waals surface area contributed by atoms with E-state index in [4.69, 9.17) is 4.55 Å². The van der Waals surface area contributed by atoms with Gasteiger partial charge >= 0.3 is 0 Å². The number of benzene rings is 1. The van der Waals surface area contributed by atoms with Crippen molar-refractivity contribution in [2.75, 3.05) is 14.1 Å². The fourth-order valence-electron chi connectivity index (χ4n) is 1.16. The summed E-state index contributed by atoms with van der Waals surface area (Å²) in [4.78, 5) is 9.06. The normalized spacial score (nSPS) is 13.6. The van der Waals surface area contributed by atoms with Crippen molar-refractivity contribution in [3.05, 3.63) is 28.3 Å². The number of nitro groups is 1. The Labute approximate surface area is 106 Å². The Morgan fingerprint density at radius 3 is 2.33 bits per heavy atom. The average Bonchev–Trinajstić information content (AvgIpc) is 2.27. The summed E-state index contributed by atoms with van der Waals surface area (Å²) >= 11 is -2.56. The van der Waals surface area contributed by atoms with E-state index in [0.29, 0.717) is 0 Å². The van der Waals surface area contributed by atoms with Crippen LogP contribution in [0, 0.1) is 10.1 Å². The number of nitrogens with zero attached hydrogens (tertiary/aromatic N) is 2. The van der Waals surface area contributed by atoms with E-state index in [1.54, 1.807) is 0 Å². The van der Waals surface area contributed by atoms with E-state index in [9.17, 15) is 22.7 Å². The number of rotatable bonds is 4. The van der Waals surface area contributed by atoms with Gasteiger partial charge in [0.2, 0.25) is 10.0 Å². The summed E-state index contributed by atoms with van der Waals surface area (Å²) in [6.07, 6.45) is 0. The van der Waals surface area contributed by atoms with E-state index < -0.39 is 36.6 Å². The molecule has 0 aliphatic rings. The lowest BCUT2D eigenvalue weighted by molar-refractivity contribution is -0.388. The number of nitro benzene ring substituents is 1. The van der Waals surface area contributed by atoms with Crippen molar-refractivity contribution >= 4 is 26.8 Å². The Balaban J connectivity index is 3.51. The van der Waals surface area contributed by atoms with Gasteiger partial charge in [-0.05, 0) is 12.1 Å². The van der Waals surface area contributed by atoms with Crippen LogP contribution in [0.5, 0.6) is 0 Å². The van der Waals surface area contributed by atoms with Crippen LogP contribution in [0.1, 0.15) is 0 Å². The first-order chi connectivity index (χ1) is 8.17. The molecule has 1 atom stereocenters. The van der Waals surface area contributed by atoms with Gasteiger partial charge in [-0.2, -0.15) is 0 Å². The van der Waals surface area contributed by atoms with E-state index in [1.165, 1.54) is 14.1 Å². The minimum absolute atomic E-state index is 0.312. The first kappa shape index (κ1) is 14.7. The Hall–Kier alpha value is -1.36. The van der Waals surface area contributed by atoms with Crippen molar-refractivity contribution in [3.63, 3.8) is 0 Å². The average molecular weight is 294 g/mol. The van der Waals surface area contributed by atoms with E-state index in [0.717, 1.165) is 22.5 Å². The van der Waals surface area contributed by atoms with Crippen LogP contribution in [-0.2, 0) is 21.1 Å². The summed E-state index contributed by atoms with van der Waals surface area (Å²) < 4.78 is 44.1. The molecule has 8 nitrogen and oxygen atoms in total. The minimum Gasteiger partial charge on any atom is -0.302 e. The predicted molar refractivity (Wildman–Crippen MR) is 63.0 cm³/mol. The van der Waals surface area contributed by atoms with Crippen molar-refractivity contribution in [2.45, 2.75) is 9.79 Å². The molecule has 0 heterocycles. The largest absolute Gasteiger partial charge is 0.302 e. The molecule has 0 fully saturated rings. The molecule has 1 unspecified atom stereocenters. The third kappa shape index (κ3) is 2.72. The van der Waals surface area contributed by atoms with Gasteiger partial charge in [-0.15, -0.1) is 0 Å². The lowest BCUT2D eigenvalue weighted by Gasteiger charge is -2.11. The van der Waals surface area contributed by atoms with Crippen LogP contribution in [0.2, 0.25) is 0 Å². The highest BCUT2D eigenvalue weighted by molar-refractivity contribution is 7.89. The maximum absolute atomic E-state index is 11.8. The van der Waals surface area contributed by atoms with Gasteiger partial charge in [-0.3, -0.25) is 10.1 Å². The van der Waals surface area contributed by atoms with Gasteiger partial charge in [-0.1, -0.05) is 0 Å². The number of sulfonamides is 1. The number of hydrogen-bond acceptors (Lipinski definition) is 5. The molecule has 0 aliphatic carbocycles. The van der Waals surface area contributed by atoms with Crippen molar-refractivity contribution < 1.29 is 22.1 Å². The molecule has 0 aromatic heterocycles. The highest BCUT2D eigenvalue weighted by atomic mass is 32.2. The van der Waals surface area contributed by atoms with E-state index in [2.05, 4.69) is 0 Å². The zero-order valence-electron chi connectivity index (χ0n) is 9.43. The molecule has 1 aromatic rings. The van der Waals surface area contributed by atoms with Gasteiger partial charge in [0.05, 0.1) is 9.82 Å². The van der Waals surface area contributed by atoms with Crippen LogP contribution in [-0.4, -0.2) is 40.5 Å². The summed E-state index contributed by atoms with van der Waals surface area (Å²) in [5.41, 5.74) is -0.709. The van der Waals surface area contributed by atoms with Gasteiger partial charge in [0, 0.05) is 20.2 Å². The van der Waals surface area contributed by atoms with Crippen molar-refractivity contribution in [1.29, 1.82) is 0 Å². The second-order valence-electron chi connectivity index (χ2n) is 3.42. The highest BCUT2D eigenvalue weighted by Crippen LogP contribution is 2.26. The Morgan fingerprint density at radius 1 is 1.39 bits per heavy atom. The fraction of sp³-hybridized carbons (Fsp3) is 0.250. The maximum Gasteiger partial charge on any atom is 0.289 e. The zero-order chi connectivity index (χ0) is 14.1. The smallest absolute Gasteiger partial charge is 0.289 e. The molecule has 1 rings (SSSR count). The summed E-state index contributed by atoms with van der Waals surface area (Å²) in [7, 11) is -1.27. The molecular formula is C8H10N2O6S2. The molecule has 0 amide bonds. The third-order valence-corrected chi connectivity index (χ3v) is 4.63. The molecule has 18 heavy (non-hydrogen) atoms. The van der Waals surface area contributed by atoms with Crippen molar-refractivity contribution in [3.8, 4) is 0 Å². The molecule has 100 valence electrons. The molecule has 1 N–H and O–H groups in total. The maximum atomic E-state index is 11.8. The molecule has 0 saturated heterocycles. The summed E-state index contributed by atoms with van der Waals surface area (Å²) in [6, 6.07) is 2.76. The summed E-state index contributed by atoms with van der Waals surface area (Å²) in [6.45, 7) is 0.